The molecule has 21 heavy (non-hydrogen) atoms. The number of aryl methyl sites for hydroxylation is 1. The maximum absolute atomic E-state index is 10.7. The van der Waals surface area contributed by atoms with Crippen molar-refractivity contribution in [3.63, 3.8) is 0 Å². The Labute approximate surface area is 127 Å². The second-order valence-corrected chi connectivity index (χ2v) is 6.25. The van der Waals surface area contributed by atoms with Gasteiger partial charge in [-0.3, -0.25) is 10.1 Å². The molecule has 1 fully saturated rings. The van der Waals surface area contributed by atoms with E-state index in [0.717, 1.165) is 37.3 Å². The lowest BCUT2D eigenvalue weighted by molar-refractivity contribution is -0.384. The average molecular weight is 303 g/mol. The van der Waals surface area contributed by atoms with Gasteiger partial charge >= 0.3 is 0 Å². The molecule has 0 amide bonds. The first-order valence-corrected chi connectivity index (χ1v) is 7.93. The summed E-state index contributed by atoms with van der Waals surface area (Å²) in [7, 11) is 0. The molecular weight excluding hydrogens is 286 g/mol. The van der Waals surface area contributed by atoms with Gasteiger partial charge < -0.3 is 4.90 Å². The van der Waals surface area contributed by atoms with Crippen molar-refractivity contribution >= 4 is 22.7 Å². The van der Waals surface area contributed by atoms with Crippen LogP contribution >= 0.6 is 11.3 Å². The number of thiazole rings is 1. The molecule has 0 spiro atoms. The third-order valence-electron chi connectivity index (χ3n) is 3.91. The number of hydrogen-bond acceptors (Lipinski definition) is 5. The molecule has 1 aromatic carbocycles. The van der Waals surface area contributed by atoms with E-state index in [1.807, 2.05) is 19.1 Å². The van der Waals surface area contributed by atoms with Gasteiger partial charge in [0.05, 0.1) is 9.93 Å². The van der Waals surface area contributed by atoms with E-state index in [4.69, 9.17) is 0 Å². The SMILES string of the molecule is Cc1csc(C2CCN(c3ccc([N+](=O)[O-])cc3)CC2)n1. The van der Waals surface area contributed by atoms with Gasteiger partial charge in [0.25, 0.3) is 5.69 Å². The number of nitrogens with zero attached hydrogens (tertiary/aromatic N) is 3. The van der Waals surface area contributed by atoms with Crippen molar-refractivity contribution in [2.24, 2.45) is 0 Å². The molecule has 2 aromatic rings. The zero-order valence-electron chi connectivity index (χ0n) is 11.9. The number of aromatic nitrogens is 1. The minimum absolute atomic E-state index is 0.145. The quantitative estimate of drug-likeness (QED) is 0.640. The number of piperidine rings is 1. The number of nitro benzene ring substituents is 1. The fourth-order valence-electron chi connectivity index (χ4n) is 2.73. The van der Waals surface area contributed by atoms with Gasteiger partial charge in [-0.15, -0.1) is 11.3 Å². The van der Waals surface area contributed by atoms with E-state index < -0.39 is 0 Å². The topological polar surface area (TPSA) is 59.3 Å². The summed E-state index contributed by atoms with van der Waals surface area (Å²) in [5.74, 6) is 0.554. The molecule has 0 aliphatic carbocycles. The van der Waals surface area contributed by atoms with Crippen LogP contribution in [0.3, 0.4) is 0 Å². The Bertz CT molecular complexity index is 631. The lowest BCUT2D eigenvalue weighted by atomic mass is 9.97. The van der Waals surface area contributed by atoms with Crippen molar-refractivity contribution in [1.82, 2.24) is 4.98 Å². The Morgan fingerprint density at radius 2 is 1.95 bits per heavy atom. The van der Waals surface area contributed by atoms with Crippen molar-refractivity contribution in [3.8, 4) is 0 Å². The van der Waals surface area contributed by atoms with Crippen LogP contribution in [-0.2, 0) is 0 Å². The molecule has 2 heterocycles. The van der Waals surface area contributed by atoms with Gasteiger partial charge in [0.15, 0.2) is 0 Å². The molecule has 6 heteroatoms. The molecule has 1 saturated heterocycles. The standard InChI is InChI=1S/C15H17N3O2S/c1-11-10-21-15(16-11)12-6-8-17(9-7-12)13-2-4-14(5-3-13)18(19)20/h2-5,10,12H,6-9H2,1H3. The van der Waals surface area contributed by atoms with Gasteiger partial charge in [0.1, 0.15) is 0 Å². The van der Waals surface area contributed by atoms with Crippen molar-refractivity contribution in [2.45, 2.75) is 25.7 Å². The molecular formula is C15H17N3O2S. The number of non-ortho nitro benzene ring substituents is 1. The van der Waals surface area contributed by atoms with E-state index in [0.29, 0.717) is 5.92 Å². The molecule has 5 nitrogen and oxygen atoms in total. The lowest BCUT2D eigenvalue weighted by Gasteiger charge is -2.32. The highest BCUT2D eigenvalue weighted by Crippen LogP contribution is 2.32. The number of benzene rings is 1. The minimum atomic E-state index is -0.360. The smallest absolute Gasteiger partial charge is 0.269 e. The van der Waals surface area contributed by atoms with E-state index in [-0.39, 0.29) is 10.6 Å². The average Bonchev–Trinajstić information content (AvgIpc) is 2.94. The summed E-state index contributed by atoms with van der Waals surface area (Å²) in [6, 6.07) is 6.83. The van der Waals surface area contributed by atoms with Gasteiger partial charge in [-0.2, -0.15) is 0 Å². The van der Waals surface area contributed by atoms with Crippen LogP contribution < -0.4 is 4.90 Å². The molecule has 110 valence electrons. The number of nitro groups is 1. The predicted octanol–water partition coefficient (Wildman–Crippen LogP) is 3.74. The first-order valence-electron chi connectivity index (χ1n) is 7.05. The van der Waals surface area contributed by atoms with Crippen LogP contribution in [0.4, 0.5) is 11.4 Å². The zero-order valence-corrected chi connectivity index (χ0v) is 12.7. The zero-order chi connectivity index (χ0) is 14.8. The number of anilines is 1. The molecule has 0 bridgehead atoms. The fraction of sp³-hybridized carbons (Fsp3) is 0.400. The Balaban J connectivity index is 1.64. The summed E-state index contributed by atoms with van der Waals surface area (Å²) in [5.41, 5.74) is 2.31. The van der Waals surface area contributed by atoms with E-state index in [9.17, 15) is 10.1 Å². The van der Waals surface area contributed by atoms with Crippen LogP contribution in [0.5, 0.6) is 0 Å². The summed E-state index contributed by atoms with van der Waals surface area (Å²) in [6.45, 7) is 3.98. The first-order chi connectivity index (χ1) is 10.1. The second kappa shape index (κ2) is 5.81. The van der Waals surface area contributed by atoms with Crippen molar-refractivity contribution in [3.05, 3.63) is 50.5 Å². The Morgan fingerprint density at radius 1 is 1.29 bits per heavy atom. The molecule has 0 atom stereocenters. The van der Waals surface area contributed by atoms with Crippen molar-refractivity contribution in [1.29, 1.82) is 0 Å². The predicted molar refractivity (Wildman–Crippen MR) is 84.1 cm³/mol. The van der Waals surface area contributed by atoms with E-state index in [1.54, 1.807) is 23.5 Å². The summed E-state index contributed by atoms with van der Waals surface area (Å²) < 4.78 is 0. The molecule has 0 N–H and O–H groups in total. The highest BCUT2D eigenvalue weighted by atomic mass is 32.1. The van der Waals surface area contributed by atoms with Crippen molar-refractivity contribution < 1.29 is 4.92 Å². The maximum Gasteiger partial charge on any atom is 0.269 e. The van der Waals surface area contributed by atoms with Gasteiger partial charge in [0, 0.05) is 47.9 Å². The van der Waals surface area contributed by atoms with Crippen molar-refractivity contribution in [2.75, 3.05) is 18.0 Å². The highest BCUT2D eigenvalue weighted by molar-refractivity contribution is 7.09. The molecule has 0 unspecified atom stereocenters. The molecule has 1 aliphatic rings. The lowest BCUT2D eigenvalue weighted by Crippen LogP contribution is -2.32. The largest absolute Gasteiger partial charge is 0.371 e. The molecule has 1 aliphatic heterocycles. The number of rotatable bonds is 3. The third-order valence-corrected chi connectivity index (χ3v) is 5.03. The fourth-order valence-corrected chi connectivity index (χ4v) is 3.70. The van der Waals surface area contributed by atoms with E-state index in [2.05, 4.69) is 15.3 Å². The summed E-state index contributed by atoms with van der Waals surface area (Å²) in [4.78, 5) is 17.2. The van der Waals surface area contributed by atoms with E-state index >= 15 is 0 Å². The molecule has 1 aromatic heterocycles. The van der Waals surface area contributed by atoms with Gasteiger partial charge in [-0.1, -0.05) is 0 Å². The van der Waals surface area contributed by atoms with Gasteiger partial charge in [0.2, 0.25) is 0 Å². The first kappa shape index (κ1) is 14.0. The van der Waals surface area contributed by atoms with Gasteiger partial charge in [-0.05, 0) is 31.9 Å². The minimum Gasteiger partial charge on any atom is -0.371 e. The normalized spacial score (nSPS) is 16.1. The Morgan fingerprint density at radius 3 is 2.48 bits per heavy atom. The summed E-state index contributed by atoms with van der Waals surface area (Å²) in [5, 5.41) is 14.0. The molecule has 0 radical (unpaired) electrons. The monoisotopic (exact) mass is 303 g/mol. The highest BCUT2D eigenvalue weighted by Gasteiger charge is 2.23. The van der Waals surface area contributed by atoms with Crippen LogP contribution in [0, 0.1) is 17.0 Å². The van der Waals surface area contributed by atoms with Gasteiger partial charge in [-0.25, -0.2) is 4.98 Å². The van der Waals surface area contributed by atoms with Crippen LogP contribution in [0.25, 0.3) is 0 Å². The van der Waals surface area contributed by atoms with E-state index in [1.165, 1.54) is 5.01 Å². The van der Waals surface area contributed by atoms with Crippen LogP contribution in [-0.4, -0.2) is 23.0 Å². The second-order valence-electron chi connectivity index (χ2n) is 5.36. The maximum atomic E-state index is 10.7. The molecule has 0 saturated carbocycles. The van der Waals surface area contributed by atoms with Crippen LogP contribution in [0.15, 0.2) is 29.6 Å². The van der Waals surface area contributed by atoms with Crippen LogP contribution in [0.1, 0.15) is 29.5 Å². The number of hydrogen-bond donors (Lipinski definition) is 0. The Hall–Kier alpha value is -1.95. The summed E-state index contributed by atoms with van der Waals surface area (Å²) in [6.07, 6.45) is 2.17. The molecule has 3 rings (SSSR count). The Kier molecular flexibility index (Phi) is 3.88. The third kappa shape index (κ3) is 3.05. The van der Waals surface area contributed by atoms with Crippen LogP contribution in [0.2, 0.25) is 0 Å². The summed E-state index contributed by atoms with van der Waals surface area (Å²) >= 11 is 1.75.